The van der Waals surface area contributed by atoms with Crippen LogP contribution in [0, 0.1) is 63.3 Å². The molecule has 55 heteroatoms. The van der Waals surface area contributed by atoms with E-state index in [0.717, 1.165) is 23.1 Å². The molecule has 0 unspecified atom stereocenters. The average molecular weight is 2020 g/mol. The standard InChI is InChI=1S/C31H27N7O7S.C21H15N4O7.C19H15N6O5.C2H4O2.9K.O3S.3H2O/c1-32-30(41)29-21(19-37(35-29)23-11-14-25(15-12-23)46(43,44)45)9-10-22(36-17-5-8-28(36)40)13-16-26-27(18-33-20-39)34-38(31(26)42)24-6-3-2-4-7-24;1-11-13(8-24(9-16(26)27)19(30)15(11)7-22)5-4-6-14-12(2)18(23-3)21(32)25(20(14)31)10-17(28)29;1-8-10(6-20-15-14(8)19(30)25(24-15)7-12(26)27)4-3-5-11-9(2)13-16(21-17(11)28)22-23-18(13)29;1-2-4-3;;;;;;;;;;1-4(2)3;;;/h3-4,6-7,9-16,20H,5,8,17-18H2,1H3,(H,32,41)(H,33,39)(H,43,44,45);4-6H,9-10H2,1-2H3,(H,26,27)(H,28,29);3-5H,7H2,1-2H3,(H4,20,21,22,23,24,26,27,28,29,30);2-3H,1H2;;;;;;;;;;;3*1H2/q-2;2*-1;;9*+1;;;;/p-9/b10-9+,22-13-,26-16-;5-4+,14-6-;;;;;;;;;;;;;;;. The number of carbonyl (C=O) groups excluding carboxylic acids is 10. The number of allylic oxidation sites excluding steroid dienone is 6. The molecule has 2 aromatic carbocycles. The van der Waals surface area contributed by atoms with Crippen LogP contribution in [0.2, 0.25) is 0 Å². The summed E-state index contributed by atoms with van der Waals surface area (Å²) in [5.74, 6) is -8.28. The Morgan fingerprint density at radius 3 is 1.88 bits per heavy atom. The fourth-order valence-electron chi connectivity index (χ4n) is 10.9. The molecule has 4 aliphatic rings. The summed E-state index contributed by atoms with van der Waals surface area (Å²) in [5.41, 5.74) is 5.24. The Morgan fingerprint density at radius 1 is 0.766 bits per heavy atom. The Bertz CT molecular complexity index is 6220. The maximum absolute atomic E-state index is 13.4. The molecule has 0 atom stereocenters. The number of nitrogens with zero attached hydrogens (tertiary/aromatic N) is 13. The molecule has 7 aromatic rings. The van der Waals surface area contributed by atoms with Crippen molar-refractivity contribution in [2.75, 3.05) is 31.7 Å². The second-order valence-electron chi connectivity index (χ2n) is 23.5. The number of hydrazone groups is 1. The van der Waals surface area contributed by atoms with E-state index in [-0.39, 0.29) is 563 Å². The van der Waals surface area contributed by atoms with Crippen molar-refractivity contribution >= 4 is 127 Å². The van der Waals surface area contributed by atoms with Gasteiger partial charge in [-0.25, -0.2) is 23.4 Å². The smallest absolute Gasteiger partial charge is 0.870 e. The van der Waals surface area contributed by atoms with Gasteiger partial charge in [-0.15, -0.1) is 77.4 Å². The van der Waals surface area contributed by atoms with Crippen LogP contribution in [0.5, 0.6) is 0 Å². The SMILES string of the molecule is C=CO[O-].CNC(=O)c1nn(-c2ccc(S(=O)(=O)[O-])cc2)[c-]c1/C=C/C(=C/C=C1\C(=O)N(c2cc[c-]cc2)N=C1CNC=O)N1CCCC1=O.Cc1c2c([nH]c(=O)/c1=C\C=C\c1[c-]nc3[nH]n(CC(=O)[O-])c(=O)c3c1C)=N[N-]C2=O.O=S(=O)=O.[C-]#[N+]C1=C(C)/C(=C/C=C/c2[c-]n(CC(=O)[O-])c(=O)c(C#N)c2C)C(=O)N(CC(=O)[O-])C1=O.[K+].[K+].[K+].[K+].[K+].[K+].[K+].[K+].[K+].[OH-].[OH-].[OH-]. The van der Waals surface area contributed by atoms with E-state index in [0.29, 0.717) is 74.7 Å². The molecule has 11 rings (SSSR count). The Kier molecular flexibility index (Phi) is 72.4. The van der Waals surface area contributed by atoms with E-state index in [1.54, 1.807) is 73.4 Å². The first-order valence-electron chi connectivity index (χ1n) is 32.7. The van der Waals surface area contributed by atoms with Gasteiger partial charge in [-0.2, -0.15) is 28.6 Å². The Hall–Kier alpha value is -0.993. The molecule has 0 bridgehead atoms. The minimum absolute atomic E-state index is 0. The van der Waals surface area contributed by atoms with Gasteiger partial charge in [0.1, 0.15) is 21.5 Å². The van der Waals surface area contributed by atoms with Crippen molar-refractivity contribution in [1.29, 1.82) is 5.26 Å². The van der Waals surface area contributed by atoms with Gasteiger partial charge in [-0.3, -0.25) is 47.9 Å². The number of anilines is 1. The first-order chi connectivity index (χ1) is 55.0. The average Bonchev–Trinajstić information content (AvgIpc) is 0.988. The number of aryl methyl sites for hydroxylation is 1. The number of pyridine rings is 3. The third-order valence-corrected chi connectivity index (χ3v) is 17.2. The van der Waals surface area contributed by atoms with E-state index < -0.39 is 115 Å². The van der Waals surface area contributed by atoms with Gasteiger partial charge in [0.2, 0.25) is 18.2 Å². The maximum atomic E-state index is 13.4. The number of aliphatic carboxylic acids is 3. The number of benzene rings is 2. The molecule has 0 spiro atoms. The van der Waals surface area contributed by atoms with Crippen molar-refractivity contribution in [3.05, 3.63) is 259 Å². The van der Waals surface area contributed by atoms with Crippen molar-refractivity contribution in [3.8, 4) is 11.8 Å². The molecule has 0 radical (unpaired) electrons. The molecule has 1 fully saturated rings. The molecular formula is C73H58K9N17O27S2-4. The summed E-state index contributed by atoms with van der Waals surface area (Å²) in [4.78, 5) is 170. The maximum Gasteiger partial charge on any atom is 1.00 e. The first kappa shape index (κ1) is 138. The van der Waals surface area contributed by atoms with Gasteiger partial charge in [0.25, 0.3) is 34.5 Å². The number of likely N-dealkylation sites (tertiary alicyclic amines) is 1. The number of nitrogens with one attached hydrogen (secondary N) is 4. The Balaban J connectivity index is -0.000000408. The van der Waals surface area contributed by atoms with Crippen molar-refractivity contribution < 1.29 is 578 Å². The van der Waals surface area contributed by atoms with Crippen molar-refractivity contribution in [2.45, 2.75) is 58.5 Å². The third-order valence-electron chi connectivity index (χ3n) is 16.3. The van der Waals surface area contributed by atoms with Crippen molar-refractivity contribution in [2.24, 2.45) is 10.2 Å². The normalized spacial score (nSPS) is 13.3. The minimum atomic E-state index is -4.65. The monoisotopic (exact) mass is 2020 g/mol. The molecule has 4 aliphatic heterocycles. The number of carbonyl (C=O) groups is 10. The van der Waals surface area contributed by atoms with Gasteiger partial charge >= 0.3 is 473 Å². The number of fused-ring (bicyclic) bond motifs is 2. The number of amides is 7. The molecule has 128 heavy (non-hydrogen) atoms. The first-order valence-corrected chi connectivity index (χ1v) is 35.1. The zero-order valence-corrected chi connectivity index (χ0v) is 101. The zero-order chi connectivity index (χ0) is 85.6. The van der Waals surface area contributed by atoms with E-state index in [1.165, 1.54) is 79.2 Å². The fourth-order valence-corrected chi connectivity index (χ4v) is 11.3. The second-order valence-corrected chi connectivity index (χ2v) is 25.2. The summed E-state index contributed by atoms with van der Waals surface area (Å²) < 4.78 is 62.1. The third kappa shape index (κ3) is 38.3. The molecule has 622 valence electrons. The fraction of sp³-hybridized carbons (Fsp3) is 0.164. The molecule has 5 aromatic heterocycles. The van der Waals surface area contributed by atoms with Gasteiger partial charge in [0.15, 0.2) is 5.56 Å². The number of nitriles is 1. The number of imide groups is 1. The number of hydrogen-bond acceptors (Lipinski definition) is 32. The minimum Gasteiger partial charge on any atom is -0.870 e. The summed E-state index contributed by atoms with van der Waals surface area (Å²) in [6, 6.07) is 16.2. The summed E-state index contributed by atoms with van der Waals surface area (Å²) in [5, 5.41) is 72.1. The van der Waals surface area contributed by atoms with Crippen LogP contribution in [-0.2, 0) is 77.1 Å². The van der Waals surface area contributed by atoms with E-state index in [9.17, 15) is 95.9 Å². The van der Waals surface area contributed by atoms with Gasteiger partial charge in [0, 0.05) is 59.6 Å². The molecule has 0 aliphatic carbocycles. The summed E-state index contributed by atoms with van der Waals surface area (Å²) >= 11 is 0. The van der Waals surface area contributed by atoms with Crippen LogP contribution in [0.3, 0.4) is 0 Å². The van der Waals surface area contributed by atoms with E-state index in [1.807, 2.05) is 0 Å². The van der Waals surface area contributed by atoms with Crippen LogP contribution in [0.1, 0.15) is 79.6 Å². The number of aromatic amines is 2. The van der Waals surface area contributed by atoms with Crippen LogP contribution in [-0.4, -0.2) is 178 Å². The summed E-state index contributed by atoms with van der Waals surface area (Å²) in [6.45, 7) is 14.1. The number of carboxylic acids is 3. The van der Waals surface area contributed by atoms with Crippen LogP contribution in [0.4, 0.5) is 5.69 Å². The largest absolute Gasteiger partial charge is 1.00 e. The molecule has 9 heterocycles. The van der Waals surface area contributed by atoms with Crippen molar-refractivity contribution in [1.82, 2.24) is 54.5 Å². The molecule has 7 amide bonds. The summed E-state index contributed by atoms with van der Waals surface area (Å²) in [7, 11) is -6.34. The van der Waals surface area contributed by atoms with Gasteiger partial charge in [-0.05, 0) is 67.3 Å². The molecule has 44 nitrogen and oxygen atoms in total. The van der Waals surface area contributed by atoms with E-state index in [4.69, 9.17) is 24.5 Å². The van der Waals surface area contributed by atoms with Gasteiger partial charge in [-0.1, -0.05) is 74.7 Å². The van der Waals surface area contributed by atoms with Crippen LogP contribution in [0.15, 0.2) is 155 Å². The number of hydrogen-bond donors (Lipinski definition) is 4. The van der Waals surface area contributed by atoms with Crippen LogP contribution in [0.25, 0.3) is 51.3 Å². The number of H-pyrrole nitrogens is 2. The van der Waals surface area contributed by atoms with Gasteiger partial charge in [0.05, 0.1) is 84.0 Å². The summed E-state index contributed by atoms with van der Waals surface area (Å²) in [6.07, 6.45) is 25.2. The number of rotatable bonds is 22. The quantitative estimate of drug-likeness (QED) is 0.00468. The zero-order valence-electron chi connectivity index (χ0n) is 71.0. The molecule has 0 saturated carbocycles. The van der Waals surface area contributed by atoms with Crippen LogP contribution >= 0.6 is 0 Å². The van der Waals surface area contributed by atoms with Gasteiger partial charge < -0.3 is 121 Å². The number of carboxylic acid groups (broad SMARTS) is 3. The predicted molar refractivity (Wildman–Crippen MR) is 396 cm³/mol. The Morgan fingerprint density at radius 2 is 1.35 bits per heavy atom. The second kappa shape index (κ2) is 67.3. The topological polar surface area (TPSA) is 695 Å². The number of aromatic nitrogens is 7. The van der Waals surface area contributed by atoms with Crippen LogP contribution < -0.4 is 526 Å². The van der Waals surface area contributed by atoms with E-state index in [2.05, 4.69) is 87.4 Å². The molecule has 7 N–H and O–H groups in total. The molecule has 1 saturated heterocycles. The van der Waals surface area contributed by atoms with E-state index >= 15 is 0 Å². The Labute approximate surface area is 1110 Å². The predicted octanol–water partition coefficient (Wildman–Crippen LogP) is -31.8. The molecular weight excluding hydrogens is 1960 g/mol. The van der Waals surface area contributed by atoms with Crippen molar-refractivity contribution in [3.63, 3.8) is 0 Å².